The number of allylic oxidation sites excluding steroid dienone is 1. The second-order valence-corrected chi connectivity index (χ2v) is 7.22. The summed E-state index contributed by atoms with van der Waals surface area (Å²) < 4.78 is 12.4. The van der Waals surface area contributed by atoms with E-state index in [1.165, 1.54) is 6.20 Å². The van der Waals surface area contributed by atoms with E-state index in [1.54, 1.807) is 50.1 Å². The highest BCUT2D eigenvalue weighted by Crippen LogP contribution is 2.40. The van der Waals surface area contributed by atoms with Crippen molar-refractivity contribution in [1.82, 2.24) is 9.78 Å². The topological polar surface area (TPSA) is 120 Å². The summed E-state index contributed by atoms with van der Waals surface area (Å²) in [4.78, 5) is 25.3. The van der Waals surface area contributed by atoms with Gasteiger partial charge >= 0.3 is 0 Å². The van der Waals surface area contributed by atoms with Gasteiger partial charge in [-0.3, -0.25) is 9.59 Å². The van der Waals surface area contributed by atoms with Gasteiger partial charge in [0, 0.05) is 11.4 Å². The van der Waals surface area contributed by atoms with Gasteiger partial charge in [0.2, 0.25) is 0 Å². The second kappa shape index (κ2) is 8.46. The Morgan fingerprint density at radius 2 is 1.81 bits per heavy atom. The van der Waals surface area contributed by atoms with Crippen molar-refractivity contribution < 1.29 is 19.1 Å². The van der Waals surface area contributed by atoms with Crippen molar-refractivity contribution in [2.24, 2.45) is 5.73 Å². The molecule has 4 N–H and O–H groups in total. The van der Waals surface area contributed by atoms with Crippen molar-refractivity contribution in [3.8, 4) is 11.5 Å². The van der Waals surface area contributed by atoms with E-state index in [0.717, 1.165) is 5.56 Å². The van der Waals surface area contributed by atoms with Gasteiger partial charge in [-0.05, 0) is 36.8 Å². The highest BCUT2D eigenvalue weighted by Gasteiger charge is 2.35. The lowest BCUT2D eigenvalue weighted by Crippen LogP contribution is -2.32. The average molecular weight is 433 g/mol. The third-order valence-electron chi connectivity index (χ3n) is 5.29. The molecule has 2 aromatic carbocycles. The number of benzene rings is 2. The van der Waals surface area contributed by atoms with Crippen LogP contribution in [0, 0.1) is 0 Å². The fourth-order valence-corrected chi connectivity index (χ4v) is 3.78. The Labute approximate surface area is 184 Å². The van der Waals surface area contributed by atoms with Gasteiger partial charge in [-0.25, -0.2) is 4.68 Å². The summed E-state index contributed by atoms with van der Waals surface area (Å²) in [5.74, 6) is 0.566. The van der Waals surface area contributed by atoms with Gasteiger partial charge in [0.05, 0.1) is 26.0 Å². The highest BCUT2D eigenvalue weighted by atomic mass is 16.5. The zero-order valence-electron chi connectivity index (χ0n) is 17.9. The van der Waals surface area contributed by atoms with Gasteiger partial charge in [0.25, 0.3) is 11.8 Å². The number of ether oxygens (including phenoxy) is 2. The van der Waals surface area contributed by atoms with Crippen LogP contribution in [0.4, 0.5) is 11.5 Å². The number of methoxy groups -OCH3 is 2. The van der Waals surface area contributed by atoms with E-state index >= 15 is 0 Å². The first-order valence-corrected chi connectivity index (χ1v) is 9.88. The Balaban J connectivity index is 1.85. The van der Waals surface area contributed by atoms with Gasteiger partial charge in [-0.1, -0.05) is 24.3 Å². The maximum atomic E-state index is 13.4. The normalized spacial score (nSPS) is 14.9. The third kappa shape index (κ3) is 3.64. The van der Waals surface area contributed by atoms with E-state index in [9.17, 15) is 9.59 Å². The summed E-state index contributed by atoms with van der Waals surface area (Å²) in [5.41, 5.74) is 8.16. The van der Waals surface area contributed by atoms with E-state index in [-0.39, 0.29) is 11.5 Å². The van der Waals surface area contributed by atoms with E-state index in [4.69, 9.17) is 15.2 Å². The molecule has 2 amide bonds. The Kier molecular flexibility index (Phi) is 5.55. The third-order valence-corrected chi connectivity index (χ3v) is 5.29. The van der Waals surface area contributed by atoms with Crippen LogP contribution in [0.15, 0.2) is 66.0 Å². The molecule has 4 rings (SSSR count). The van der Waals surface area contributed by atoms with E-state index in [0.29, 0.717) is 34.3 Å². The van der Waals surface area contributed by atoms with E-state index < -0.39 is 11.9 Å². The Morgan fingerprint density at radius 3 is 2.47 bits per heavy atom. The molecule has 0 radical (unpaired) electrons. The van der Waals surface area contributed by atoms with Gasteiger partial charge < -0.3 is 25.8 Å². The maximum Gasteiger partial charge on any atom is 0.255 e. The van der Waals surface area contributed by atoms with Gasteiger partial charge in [-0.2, -0.15) is 5.10 Å². The summed E-state index contributed by atoms with van der Waals surface area (Å²) in [5, 5.41) is 10.4. The number of carbonyl (C=O) groups is 2. The average Bonchev–Trinajstić information content (AvgIpc) is 3.22. The van der Waals surface area contributed by atoms with Crippen molar-refractivity contribution in [2.45, 2.75) is 13.0 Å². The van der Waals surface area contributed by atoms with Crippen LogP contribution in [-0.4, -0.2) is 35.8 Å². The molecule has 3 aromatic rings. The molecule has 32 heavy (non-hydrogen) atoms. The number of hydrogen-bond acceptors (Lipinski definition) is 6. The molecule has 1 aliphatic rings. The smallest absolute Gasteiger partial charge is 0.255 e. The summed E-state index contributed by atoms with van der Waals surface area (Å²) in [6.07, 6.45) is 1.39. The minimum atomic E-state index is -0.636. The number of carbonyl (C=O) groups excluding carboxylic acids is 2. The molecule has 0 spiro atoms. The van der Waals surface area contributed by atoms with Crippen LogP contribution in [0.3, 0.4) is 0 Å². The Hall–Kier alpha value is -4.27. The van der Waals surface area contributed by atoms with Gasteiger partial charge in [-0.15, -0.1) is 0 Å². The van der Waals surface area contributed by atoms with Crippen molar-refractivity contribution >= 4 is 23.3 Å². The molecular formula is C23H23N5O4. The minimum absolute atomic E-state index is 0.234. The van der Waals surface area contributed by atoms with Gasteiger partial charge in [0.1, 0.15) is 17.4 Å². The summed E-state index contributed by atoms with van der Waals surface area (Å²) in [6.45, 7) is 1.77. The van der Waals surface area contributed by atoms with Gasteiger partial charge in [0.15, 0.2) is 11.5 Å². The lowest BCUT2D eigenvalue weighted by molar-refractivity contribution is -0.113. The quantitative estimate of drug-likeness (QED) is 0.550. The molecule has 9 nitrogen and oxygen atoms in total. The number of fused-ring (bicyclic) bond motifs is 1. The molecular weight excluding hydrogens is 410 g/mol. The molecule has 2 heterocycles. The molecule has 9 heteroatoms. The van der Waals surface area contributed by atoms with Crippen LogP contribution >= 0.6 is 0 Å². The molecule has 164 valence electrons. The molecule has 0 saturated carbocycles. The predicted octanol–water partition coefficient (Wildman–Crippen LogP) is 2.93. The largest absolute Gasteiger partial charge is 0.493 e. The van der Waals surface area contributed by atoms with Crippen LogP contribution < -0.4 is 25.8 Å². The van der Waals surface area contributed by atoms with Crippen LogP contribution in [0.2, 0.25) is 0 Å². The number of nitrogens with one attached hydrogen (secondary N) is 2. The molecule has 1 aliphatic heterocycles. The summed E-state index contributed by atoms with van der Waals surface area (Å²) in [7, 11) is 3.09. The van der Waals surface area contributed by atoms with E-state index in [2.05, 4.69) is 15.7 Å². The van der Waals surface area contributed by atoms with Crippen LogP contribution in [-0.2, 0) is 4.79 Å². The number of nitrogens with two attached hydrogens (primary N) is 1. The zero-order chi connectivity index (χ0) is 22.8. The fraction of sp³-hybridized carbons (Fsp3) is 0.174. The fourth-order valence-electron chi connectivity index (χ4n) is 3.78. The standard InChI is InChI=1S/C23H23N5O4/c1-13-19(23(30)27-15-7-5-4-6-8-15)20(14-9-10-17(31-2)18(11-14)32-3)28-22(26-13)16(12-25-28)21(24)29/h4-12,20,26H,1-3H3,(H2,24,29)(H,27,30). The first-order chi connectivity index (χ1) is 15.4. The zero-order valence-corrected chi connectivity index (χ0v) is 17.9. The molecule has 0 bridgehead atoms. The second-order valence-electron chi connectivity index (χ2n) is 7.22. The number of rotatable bonds is 6. The SMILES string of the molecule is COc1ccc(C2C(C(=O)Nc3ccccc3)=C(C)Nc3c(C(N)=O)cnn32)cc1OC. The van der Waals surface area contributed by atoms with Crippen LogP contribution in [0.25, 0.3) is 0 Å². The minimum Gasteiger partial charge on any atom is -0.493 e. The van der Waals surface area contributed by atoms with Crippen molar-refractivity contribution in [3.63, 3.8) is 0 Å². The molecule has 1 atom stereocenters. The number of para-hydroxylation sites is 1. The monoisotopic (exact) mass is 433 g/mol. The number of aromatic nitrogens is 2. The summed E-state index contributed by atoms with van der Waals surface area (Å²) >= 11 is 0. The molecule has 1 unspecified atom stereocenters. The predicted molar refractivity (Wildman–Crippen MR) is 120 cm³/mol. The van der Waals surface area contributed by atoms with Crippen LogP contribution in [0.1, 0.15) is 28.9 Å². The Bertz CT molecular complexity index is 1220. The first kappa shape index (κ1) is 21.0. The Morgan fingerprint density at radius 1 is 1.09 bits per heavy atom. The van der Waals surface area contributed by atoms with Crippen molar-refractivity contribution in [3.05, 3.63) is 77.1 Å². The summed E-state index contributed by atoms with van der Waals surface area (Å²) in [6, 6.07) is 13.9. The number of amides is 2. The molecule has 0 saturated heterocycles. The van der Waals surface area contributed by atoms with E-state index in [1.807, 2.05) is 24.3 Å². The van der Waals surface area contributed by atoms with Crippen LogP contribution in [0.5, 0.6) is 11.5 Å². The lowest BCUT2D eigenvalue weighted by atomic mass is 9.94. The number of primary amides is 1. The first-order valence-electron chi connectivity index (χ1n) is 9.88. The molecule has 1 aromatic heterocycles. The maximum absolute atomic E-state index is 13.4. The van der Waals surface area contributed by atoms with Crippen molar-refractivity contribution in [2.75, 3.05) is 24.9 Å². The highest BCUT2D eigenvalue weighted by molar-refractivity contribution is 6.06. The number of nitrogens with zero attached hydrogens (tertiary/aromatic N) is 2. The molecule has 0 fully saturated rings. The lowest BCUT2D eigenvalue weighted by Gasteiger charge is -2.30. The number of anilines is 2. The number of hydrogen-bond donors (Lipinski definition) is 3. The molecule has 0 aliphatic carbocycles. The van der Waals surface area contributed by atoms with Crippen molar-refractivity contribution in [1.29, 1.82) is 0 Å².